The molecule has 3 aromatic rings. The minimum atomic E-state index is -0.628. The Kier molecular flexibility index (Phi) is 7.05. The average molecular weight is 435 g/mol. The first-order valence-corrected chi connectivity index (χ1v) is 10.2. The van der Waals surface area contributed by atoms with Gasteiger partial charge in [0, 0.05) is 25.0 Å². The summed E-state index contributed by atoms with van der Waals surface area (Å²) >= 11 is 0. The summed E-state index contributed by atoms with van der Waals surface area (Å²) in [5.74, 6) is -0.376. The van der Waals surface area contributed by atoms with E-state index in [0.29, 0.717) is 46.0 Å². The van der Waals surface area contributed by atoms with Crippen LogP contribution in [0.1, 0.15) is 35.1 Å². The Bertz CT molecular complexity index is 1180. The van der Waals surface area contributed by atoms with Crippen LogP contribution in [0.2, 0.25) is 0 Å². The van der Waals surface area contributed by atoms with Gasteiger partial charge >= 0.3 is 5.97 Å². The number of aryl methyl sites for hydroxylation is 3. The molecule has 9 heteroatoms. The third kappa shape index (κ3) is 4.86. The second-order valence-corrected chi connectivity index (χ2v) is 7.18. The molecule has 0 N–H and O–H groups in total. The molecule has 0 aliphatic heterocycles. The van der Waals surface area contributed by atoms with E-state index in [0.717, 1.165) is 0 Å². The molecule has 9 nitrogen and oxygen atoms in total. The van der Waals surface area contributed by atoms with Crippen molar-refractivity contribution in [2.45, 2.75) is 27.2 Å². The molecule has 0 radical (unpaired) electrons. The summed E-state index contributed by atoms with van der Waals surface area (Å²) in [7, 11) is 1.75. The first-order valence-electron chi connectivity index (χ1n) is 10.2. The number of pyridine rings is 1. The molecule has 0 saturated carbocycles. The molecule has 0 unspecified atom stereocenters. The third-order valence-electron chi connectivity index (χ3n) is 4.85. The zero-order valence-corrected chi connectivity index (χ0v) is 18.6. The standard InChI is InChI=1S/C23H25N5O4/c1-5-31-18-9-7-17(8-10-18)28(12-6-11-24)20(29)14-32-23(30)19-13-15(2)25-22-21(19)16(3)26-27(22)4/h7-10,13H,5-6,12,14H2,1-4H3. The van der Waals surface area contributed by atoms with Crippen molar-refractivity contribution in [1.82, 2.24) is 14.8 Å². The summed E-state index contributed by atoms with van der Waals surface area (Å²) in [6, 6.07) is 10.6. The van der Waals surface area contributed by atoms with E-state index in [1.807, 2.05) is 13.0 Å². The molecule has 0 aliphatic carbocycles. The van der Waals surface area contributed by atoms with Crippen LogP contribution >= 0.6 is 0 Å². The van der Waals surface area contributed by atoms with Gasteiger partial charge in [0.1, 0.15) is 5.75 Å². The summed E-state index contributed by atoms with van der Waals surface area (Å²) in [5.41, 5.74) is 2.78. The van der Waals surface area contributed by atoms with Gasteiger partial charge in [0.25, 0.3) is 5.91 Å². The van der Waals surface area contributed by atoms with Gasteiger partial charge < -0.3 is 14.4 Å². The predicted octanol–water partition coefficient (Wildman–Crippen LogP) is 3.09. The number of hydrogen-bond acceptors (Lipinski definition) is 7. The van der Waals surface area contributed by atoms with Crippen molar-refractivity contribution in [2.24, 2.45) is 7.05 Å². The molecule has 1 aromatic carbocycles. The van der Waals surface area contributed by atoms with E-state index in [1.54, 1.807) is 55.9 Å². The molecule has 0 bridgehead atoms. The number of aromatic nitrogens is 3. The van der Waals surface area contributed by atoms with Crippen LogP contribution in [0.15, 0.2) is 30.3 Å². The number of rotatable bonds is 8. The summed E-state index contributed by atoms with van der Waals surface area (Å²) in [6.07, 6.45) is 0.145. The van der Waals surface area contributed by atoms with Gasteiger partial charge in [-0.15, -0.1) is 0 Å². The fourth-order valence-electron chi connectivity index (χ4n) is 3.46. The van der Waals surface area contributed by atoms with E-state index in [2.05, 4.69) is 10.1 Å². The minimum absolute atomic E-state index is 0.145. The highest BCUT2D eigenvalue weighted by atomic mass is 16.5. The number of hydrogen-bond donors (Lipinski definition) is 0. The van der Waals surface area contributed by atoms with Crippen molar-refractivity contribution in [3.63, 3.8) is 0 Å². The van der Waals surface area contributed by atoms with Crippen molar-refractivity contribution in [3.05, 3.63) is 47.3 Å². The Hall–Kier alpha value is -3.93. The van der Waals surface area contributed by atoms with Crippen LogP contribution in [0, 0.1) is 25.2 Å². The van der Waals surface area contributed by atoms with Crippen molar-refractivity contribution in [2.75, 3.05) is 24.7 Å². The molecule has 0 aliphatic rings. The Labute approximate surface area is 186 Å². The SMILES string of the molecule is CCOc1ccc(N(CCC#N)C(=O)COC(=O)c2cc(C)nc3c2c(C)nn3C)cc1. The topological polar surface area (TPSA) is 110 Å². The predicted molar refractivity (Wildman–Crippen MR) is 118 cm³/mol. The molecule has 0 saturated heterocycles. The van der Waals surface area contributed by atoms with Gasteiger partial charge in [-0.05, 0) is 51.1 Å². The van der Waals surface area contributed by atoms with Crippen molar-refractivity contribution in [3.8, 4) is 11.8 Å². The monoisotopic (exact) mass is 435 g/mol. The molecular formula is C23H25N5O4. The van der Waals surface area contributed by atoms with Crippen LogP contribution in [0.25, 0.3) is 11.0 Å². The van der Waals surface area contributed by atoms with Crippen molar-refractivity contribution in [1.29, 1.82) is 5.26 Å². The lowest BCUT2D eigenvalue weighted by molar-refractivity contribution is -0.121. The van der Waals surface area contributed by atoms with Gasteiger partial charge in [-0.2, -0.15) is 10.4 Å². The number of nitrogens with zero attached hydrogens (tertiary/aromatic N) is 5. The molecule has 1 amide bonds. The number of anilines is 1. The second kappa shape index (κ2) is 9.92. The highest BCUT2D eigenvalue weighted by molar-refractivity contribution is 6.05. The molecule has 2 aromatic heterocycles. The van der Waals surface area contributed by atoms with E-state index in [4.69, 9.17) is 14.7 Å². The number of benzene rings is 1. The van der Waals surface area contributed by atoms with Crippen LogP contribution in [-0.2, 0) is 16.6 Å². The molecule has 0 fully saturated rings. The Morgan fingerprint density at radius 2 is 1.94 bits per heavy atom. The van der Waals surface area contributed by atoms with E-state index in [1.165, 1.54) is 4.90 Å². The smallest absolute Gasteiger partial charge is 0.339 e. The molecule has 0 atom stereocenters. The first-order chi connectivity index (χ1) is 15.3. The van der Waals surface area contributed by atoms with Crippen LogP contribution in [0.5, 0.6) is 5.75 Å². The highest BCUT2D eigenvalue weighted by Crippen LogP contribution is 2.23. The third-order valence-corrected chi connectivity index (χ3v) is 4.85. The van der Waals surface area contributed by atoms with Crippen molar-refractivity contribution < 1.29 is 19.1 Å². The molecule has 0 spiro atoms. The fourth-order valence-corrected chi connectivity index (χ4v) is 3.46. The number of carbonyl (C=O) groups is 2. The summed E-state index contributed by atoms with van der Waals surface area (Å²) < 4.78 is 12.4. The molecule has 32 heavy (non-hydrogen) atoms. The van der Waals surface area contributed by atoms with E-state index in [-0.39, 0.29) is 13.0 Å². The lowest BCUT2D eigenvalue weighted by atomic mass is 10.1. The fraction of sp³-hybridized carbons (Fsp3) is 0.348. The van der Waals surface area contributed by atoms with Crippen LogP contribution in [-0.4, -0.2) is 46.4 Å². The van der Waals surface area contributed by atoms with Gasteiger partial charge in [0.2, 0.25) is 0 Å². The Morgan fingerprint density at radius 3 is 2.59 bits per heavy atom. The van der Waals surface area contributed by atoms with Gasteiger partial charge in [-0.1, -0.05) is 0 Å². The number of carbonyl (C=O) groups excluding carboxylic acids is 2. The largest absolute Gasteiger partial charge is 0.494 e. The van der Waals surface area contributed by atoms with Gasteiger partial charge in [-0.25, -0.2) is 9.78 Å². The zero-order valence-electron chi connectivity index (χ0n) is 18.6. The number of ether oxygens (including phenoxy) is 2. The lowest BCUT2D eigenvalue weighted by Crippen LogP contribution is -2.35. The van der Waals surface area contributed by atoms with Gasteiger partial charge in [-0.3, -0.25) is 9.48 Å². The second-order valence-electron chi connectivity index (χ2n) is 7.18. The molecular weight excluding hydrogens is 410 g/mol. The normalized spacial score (nSPS) is 10.6. The van der Waals surface area contributed by atoms with E-state index >= 15 is 0 Å². The van der Waals surface area contributed by atoms with Crippen molar-refractivity contribution >= 4 is 28.6 Å². The minimum Gasteiger partial charge on any atom is -0.494 e. The van der Waals surface area contributed by atoms with Crippen LogP contribution in [0.4, 0.5) is 5.69 Å². The Balaban J connectivity index is 1.78. The summed E-state index contributed by atoms with van der Waals surface area (Å²) in [5, 5.41) is 13.9. The quantitative estimate of drug-likeness (QED) is 0.500. The lowest BCUT2D eigenvalue weighted by Gasteiger charge is -2.22. The number of esters is 1. The first kappa shape index (κ1) is 22.7. The maximum atomic E-state index is 12.9. The van der Waals surface area contributed by atoms with Gasteiger partial charge in [0.15, 0.2) is 12.3 Å². The van der Waals surface area contributed by atoms with Crippen LogP contribution < -0.4 is 9.64 Å². The van der Waals surface area contributed by atoms with E-state index < -0.39 is 18.5 Å². The summed E-state index contributed by atoms with van der Waals surface area (Å²) in [4.78, 5) is 31.6. The number of nitriles is 1. The maximum absolute atomic E-state index is 12.9. The number of amides is 1. The van der Waals surface area contributed by atoms with Crippen LogP contribution in [0.3, 0.4) is 0 Å². The molecule has 2 heterocycles. The van der Waals surface area contributed by atoms with E-state index in [9.17, 15) is 9.59 Å². The van der Waals surface area contributed by atoms with Gasteiger partial charge in [0.05, 0.1) is 35.7 Å². The zero-order chi connectivity index (χ0) is 23.3. The molecule has 166 valence electrons. The maximum Gasteiger partial charge on any atom is 0.339 e. The Morgan fingerprint density at radius 1 is 1.22 bits per heavy atom. The average Bonchev–Trinajstić information content (AvgIpc) is 3.06. The summed E-state index contributed by atoms with van der Waals surface area (Å²) in [6.45, 7) is 5.71. The highest BCUT2D eigenvalue weighted by Gasteiger charge is 2.22. The number of fused-ring (bicyclic) bond motifs is 1. The molecule has 3 rings (SSSR count).